The van der Waals surface area contributed by atoms with Crippen LogP contribution >= 0.6 is 11.8 Å². The predicted octanol–water partition coefficient (Wildman–Crippen LogP) is 2.63. The van der Waals surface area contributed by atoms with Crippen LogP contribution in [0.15, 0.2) is 30.3 Å². The molecule has 1 heterocycles. The smallest absolute Gasteiger partial charge is 0.235 e. The van der Waals surface area contributed by atoms with Gasteiger partial charge in [0.05, 0.1) is 11.0 Å². The number of carbonyl (C=O) groups is 1. The van der Waals surface area contributed by atoms with E-state index in [-0.39, 0.29) is 23.0 Å². The summed E-state index contributed by atoms with van der Waals surface area (Å²) in [6.45, 7) is 5.05. The molecule has 25 heavy (non-hydrogen) atoms. The highest BCUT2D eigenvalue weighted by Gasteiger charge is 2.28. The first-order valence-electron chi connectivity index (χ1n) is 8.85. The second-order valence-electron chi connectivity index (χ2n) is 6.48. The van der Waals surface area contributed by atoms with Gasteiger partial charge in [-0.3, -0.25) is 4.79 Å². The third kappa shape index (κ3) is 6.64. The van der Waals surface area contributed by atoms with Crippen LogP contribution < -0.4 is 4.72 Å². The van der Waals surface area contributed by atoms with Gasteiger partial charge in [0.15, 0.2) is 0 Å². The highest BCUT2D eigenvalue weighted by molar-refractivity contribution is 7.99. The van der Waals surface area contributed by atoms with Crippen LogP contribution in [0.25, 0.3) is 0 Å². The Morgan fingerprint density at radius 1 is 1.28 bits per heavy atom. The quantitative estimate of drug-likeness (QED) is 0.748. The van der Waals surface area contributed by atoms with Crippen LogP contribution in [0.4, 0.5) is 0 Å². The van der Waals surface area contributed by atoms with E-state index in [1.807, 2.05) is 36.9 Å². The molecule has 5 nitrogen and oxygen atoms in total. The SMILES string of the molecule is CCCS(=O)(=O)NC1CCN(C(=O)[C@@H](C)SCc2ccccc2)CC1. The lowest BCUT2D eigenvalue weighted by Gasteiger charge is -2.33. The van der Waals surface area contributed by atoms with Crippen molar-refractivity contribution >= 4 is 27.7 Å². The number of benzene rings is 1. The van der Waals surface area contributed by atoms with Crippen molar-refractivity contribution in [1.82, 2.24) is 9.62 Å². The van der Waals surface area contributed by atoms with Crippen LogP contribution in [-0.4, -0.2) is 49.4 Å². The number of sulfonamides is 1. The van der Waals surface area contributed by atoms with Gasteiger partial charge in [0, 0.05) is 24.9 Å². The van der Waals surface area contributed by atoms with Crippen molar-refractivity contribution in [3.63, 3.8) is 0 Å². The fourth-order valence-electron chi connectivity index (χ4n) is 2.92. The number of nitrogens with one attached hydrogen (secondary N) is 1. The maximum Gasteiger partial charge on any atom is 0.235 e. The molecule has 1 aliphatic rings. The minimum atomic E-state index is -3.18. The second-order valence-corrected chi connectivity index (χ2v) is 9.68. The largest absolute Gasteiger partial charge is 0.342 e. The summed E-state index contributed by atoms with van der Waals surface area (Å²) < 4.78 is 26.5. The molecule has 1 fully saturated rings. The van der Waals surface area contributed by atoms with Gasteiger partial charge in [-0.1, -0.05) is 37.3 Å². The monoisotopic (exact) mass is 384 g/mol. The van der Waals surface area contributed by atoms with Crippen molar-refractivity contribution in [3.05, 3.63) is 35.9 Å². The lowest BCUT2D eigenvalue weighted by atomic mass is 10.1. The topological polar surface area (TPSA) is 66.5 Å². The zero-order valence-electron chi connectivity index (χ0n) is 15.0. The molecule has 1 N–H and O–H groups in total. The van der Waals surface area contributed by atoms with Gasteiger partial charge in [-0.2, -0.15) is 0 Å². The molecule has 1 aliphatic heterocycles. The first-order valence-corrected chi connectivity index (χ1v) is 11.6. The highest BCUT2D eigenvalue weighted by atomic mass is 32.2. The molecule has 0 spiro atoms. The first-order chi connectivity index (χ1) is 11.9. The van der Waals surface area contributed by atoms with Crippen LogP contribution in [0.3, 0.4) is 0 Å². The van der Waals surface area contributed by atoms with Gasteiger partial charge in [-0.05, 0) is 31.7 Å². The number of amides is 1. The highest BCUT2D eigenvalue weighted by Crippen LogP contribution is 2.21. The summed E-state index contributed by atoms with van der Waals surface area (Å²) in [5, 5.41) is -0.0893. The van der Waals surface area contributed by atoms with E-state index >= 15 is 0 Å². The normalized spacial score (nSPS) is 17.4. The van der Waals surface area contributed by atoms with Gasteiger partial charge in [0.1, 0.15) is 0 Å². The number of rotatable bonds is 8. The molecule has 1 amide bonds. The lowest BCUT2D eigenvalue weighted by molar-refractivity contribution is -0.131. The second kappa shape index (κ2) is 9.59. The molecule has 2 rings (SSSR count). The van der Waals surface area contributed by atoms with Gasteiger partial charge >= 0.3 is 0 Å². The Kier molecular flexibility index (Phi) is 7.78. The number of likely N-dealkylation sites (tertiary alicyclic amines) is 1. The Bertz CT molecular complexity index is 642. The molecule has 0 saturated carbocycles. The van der Waals surface area contributed by atoms with Crippen molar-refractivity contribution in [2.24, 2.45) is 0 Å². The third-order valence-electron chi connectivity index (χ3n) is 4.32. The van der Waals surface area contributed by atoms with E-state index in [0.717, 1.165) is 5.75 Å². The minimum Gasteiger partial charge on any atom is -0.342 e. The zero-order chi connectivity index (χ0) is 18.3. The van der Waals surface area contributed by atoms with Crippen molar-refractivity contribution in [1.29, 1.82) is 0 Å². The predicted molar refractivity (Wildman–Crippen MR) is 104 cm³/mol. The summed E-state index contributed by atoms with van der Waals surface area (Å²) in [7, 11) is -3.18. The molecule has 1 saturated heterocycles. The van der Waals surface area contributed by atoms with Crippen molar-refractivity contribution in [3.8, 4) is 0 Å². The summed E-state index contributed by atoms with van der Waals surface area (Å²) in [5.74, 6) is 1.14. The summed E-state index contributed by atoms with van der Waals surface area (Å²) in [6.07, 6.45) is 1.98. The Morgan fingerprint density at radius 3 is 2.52 bits per heavy atom. The maximum absolute atomic E-state index is 12.6. The van der Waals surface area contributed by atoms with Gasteiger partial charge in [0.25, 0.3) is 0 Å². The van der Waals surface area contributed by atoms with Gasteiger partial charge in [-0.15, -0.1) is 11.8 Å². The number of carbonyl (C=O) groups excluding carboxylic acids is 1. The Morgan fingerprint density at radius 2 is 1.92 bits per heavy atom. The van der Waals surface area contributed by atoms with Crippen LogP contribution in [0.2, 0.25) is 0 Å². The van der Waals surface area contributed by atoms with Gasteiger partial charge in [0.2, 0.25) is 15.9 Å². The van der Waals surface area contributed by atoms with E-state index in [2.05, 4.69) is 16.9 Å². The van der Waals surface area contributed by atoms with Crippen molar-refractivity contribution in [2.45, 2.75) is 50.2 Å². The number of hydrogen-bond donors (Lipinski definition) is 1. The van der Waals surface area contributed by atoms with Crippen LogP contribution in [0.5, 0.6) is 0 Å². The first kappa shape index (κ1) is 20.3. The van der Waals surface area contributed by atoms with Crippen molar-refractivity contribution < 1.29 is 13.2 Å². The number of nitrogens with zero attached hydrogens (tertiary/aromatic N) is 1. The molecule has 0 radical (unpaired) electrons. The molecule has 1 aromatic rings. The van der Waals surface area contributed by atoms with E-state index in [9.17, 15) is 13.2 Å². The van der Waals surface area contributed by atoms with Gasteiger partial charge in [-0.25, -0.2) is 13.1 Å². The molecular formula is C18H28N2O3S2. The Hall–Kier alpha value is -1.05. The molecular weight excluding hydrogens is 356 g/mol. The van der Waals surface area contributed by atoms with E-state index in [1.54, 1.807) is 11.8 Å². The van der Waals surface area contributed by atoms with Crippen molar-refractivity contribution in [2.75, 3.05) is 18.8 Å². The van der Waals surface area contributed by atoms with E-state index < -0.39 is 10.0 Å². The molecule has 0 aliphatic carbocycles. The maximum atomic E-state index is 12.6. The van der Waals surface area contributed by atoms with Crippen LogP contribution in [0, 0.1) is 0 Å². The molecule has 7 heteroatoms. The summed E-state index contributed by atoms with van der Waals surface area (Å²) in [5.41, 5.74) is 1.22. The number of piperidine rings is 1. The minimum absolute atomic E-state index is 0.0483. The molecule has 1 atom stereocenters. The van der Waals surface area contributed by atoms with E-state index in [1.165, 1.54) is 5.56 Å². The fourth-order valence-corrected chi connectivity index (χ4v) is 5.25. The molecule has 140 valence electrons. The third-order valence-corrected chi connectivity index (χ3v) is 7.16. The number of hydrogen-bond acceptors (Lipinski definition) is 4. The molecule has 0 bridgehead atoms. The average molecular weight is 385 g/mol. The van der Waals surface area contributed by atoms with E-state index in [0.29, 0.717) is 32.4 Å². The summed E-state index contributed by atoms with van der Waals surface area (Å²) in [6, 6.07) is 10.1. The zero-order valence-corrected chi connectivity index (χ0v) is 16.6. The molecule has 0 aromatic heterocycles. The Balaban J connectivity index is 1.76. The van der Waals surface area contributed by atoms with Crippen LogP contribution in [-0.2, 0) is 20.6 Å². The average Bonchev–Trinajstić information content (AvgIpc) is 2.60. The standard InChI is InChI=1S/C18H28N2O3S2/c1-3-13-25(22,23)19-17-9-11-20(12-10-17)18(21)15(2)24-14-16-7-5-4-6-8-16/h4-8,15,17,19H,3,9-14H2,1-2H3/t15-/m1/s1. The fraction of sp³-hybridized carbons (Fsp3) is 0.611. The summed E-state index contributed by atoms with van der Waals surface area (Å²) >= 11 is 1.65. The van der Waals surface area contributed by atoms with E-state index in [4.69, 9.17) is 0 Å². The molecule has 0 unspecified atom stereocenters. The Labute approximate surface area is 155 Å². The molecule has 1 aromatic carbocycles. The summed E-state index contributed by atoms with van der Waals surface area (Å²) in [4.78, 5) is 14.4. The van der Waals surface area contributed by atoms with Gasteiger partial charge < -0.3 is 4.90 Å². The van der Waals surface area contributed by atoms with Crippen LogP contribution in [0.1, 0.15) is 38.7 Å². The lowest BCUT2D eigenvalue weighted by Crippen LogP contribution is -2.48. The number of thioether (sulfide) groups is 1.